The van der Waals surface area contributed by atoms with Gasteiger partial charge < -0.3 is 10.3 Å². The van der Waals surface area contributed by atoms with Crippen molar-refractivity contribution in [1.29, 1.82) is 0 Å². The van der Waals surface area contributed by atoms with Gasteiger partial charge in [-0.25, -0.2) is 15.8 Å². The van der Waals surface area contributed by atoms with E-state index in [1.807, 2.05) is 0 Å². The first-order valence-electron chi connectivity index (χ1n) is 7.24. The molecule has 106 valence electrons. The highest BCUT2D eigenvalue weighted by Gasteiger charge is 2.32. The number of nitrogens with zero attached hydrogens (tertiary/aromatic N) is 3. The predicted molar refractivity (Wildman–Crippen MR) is 79.0 cm³/mol. The number of hydrogen-bond donors (Lipinski definition) is 2. The van der Waals surface area contributed by atoms with E-state index in [0.717, 1.165) is 36.6 Å². The first kappa shape index (κ1) is 14.1. The van der Waals surface area contributed by atoms with Crippen molar-refractivity contribution in [3.05, 3.63) is 11.9 Å². The van der Waals surface area contributed by atoms with Crippen LogP contribution in [0.1, 0.15) is 45.6 Å². The van der Waals surface area contributed by atoms with E-state index in [1.165, 1.54) is 12.8 Å². The van der Waals surface area contributed by atoms with Gasteiger partial charge in [-0.2, -0.15) is 0 Å². The fraction of sp³-hybridized carbons (Fsp3) is 0.714. The molecule has 5 nitrogen and oxygen atoms in total. The van der Waals surface area contributed by atoms with Gasteiger partial charge >= 0.3 is 0 Å². The molecule has 1 fully saturated rings. The molecule has 0 atom stereocenters. The van der Waals surface area contributed by atoms with Gasteiger partial charge in [-0.15, -0.1) is 0 Å². The molecule has 0 amide bonds. The Bertz CT molecular complexity index is 414. The maximum atomic E-state index is 5.58. The lowest BCUT2D eigenvalue weighted by Gasteiger charge is -2.28. The van der Waals surface area contributed by atoms with E-state index in [1.54, 1.807) is 6.33 Å². The first-order valence-corrected chi connectivity index (χ1v) is 7.24. The van der Waals surface area contributed by atoms with Crippen molar-refractivity contribution >= 4 is 11.6 Å². The third-order valence-corrected chi connectivity index (χ3v) is 3.38. The second-order valence-electron chi connectivity index (χ2n) is 5.70. The van der Waals surface area contributed by atoms with Crippen molar-refractivity contribution in [3.63, 3.8) is 0 Å². The summed E-state index contributed by atoms with van der Waals surface area (Å²) in [5.41, 5.74) is 3.86. The smallest absolute Gasteiger partial charge is 0.148 e. The SMILES string of the molecule is CCCc1c(NN)ncnc1N(CC(C)C)C1CC1. The van der Waals surface area contributed by atoms with Crippen LogP contribution in [-0.4, -0.2) is 22.6 Å². The number of nitrogen functional groups attached to an aromatic ring is 1. The molecule has 2 rings (SSSR count). The minimum Gasteiger partial charge on any atom is -0.353 e. The fourth-order valence-corrected chi connectivity index (χ4v) is 2.44. The Morgan fingerprint density at radius 2 is 2.16 bits per heavy atom. The van der Waals surface area contributed by atoms with Crippen LogP contribution in [0.2, 0.25) is 0 Å². The number of aromatic nitrogens is 2. The van der Waals surface area contributed by atoms with Crippen LogP contribution in [0.3, 0.4) is 0 Å². The van der Waals surface area contributed by atoms with E-state index in [9.17, 15) is 0 Å². The van der Waals surface area contributed by atoms with Crippen LogP contribution in [0.15, 0.2) is 6.33 Å². The minimum atomic E-state index is 0.624. The van der Waals surface area contributed by atoms with Crippen molar-refractivity contribution in [3.8, 4) is 0 Å². The number of hydrogen-bond acceptors (Lipinski definition) is 5. The first-order chi connectivity index (χ1) is 9.17. The molecule has 1 heterocycles. The van der Waals surface area contributed by atoms with Crippen molar-refractivity contribution in [2.45, 2.75) is 52.5 Å². The standard InChI is InChI=1S/C14H25N5/c1-4-5-12-13(18-15)16-9-17-14(12)19(8-10(2)3)11-6-7-11/h9-11H,4-8,15H2,1-3H3,(H,16,17,18). The van der Waals surface area contributed by atoms with E-state index in [4.69, 9.17) is 5.84 Å². The summed E-state index contributed by atoms with van der Waals surface area (Å²) >= 11 is 0. The molecule has 0 radical (unpaired) electrons. The lowest BCUT2D eigenvalue weighted by molar-refractivity contribution is 0.600. The number of rotatable bonds is 7. The molecule has 0 aromatic carbocycles. The van der Waals surface area contributed by atoms with Gasteiger partial charge in [0, 0.05) is 18.2 Å². The van der Waals surface area contributed by atoms with Crippen LogP contribution in [-0.2, 0) is 6.42 Å². The highest BCUT2D eigenvalue weighted by atomic mass is 15.3. The minimum absolute atomic E-state index is 0.624. The molecular weight excluding hydrogens is 238 g/mol. The summed E-state index contributed by atoms with van der Waals surface area (Å²) in [7, 11) is 0. The Labute approximate surface area is 115 Å². The van der Waals surface area contributed by atoms with Crippen LogP contribution >= 0.6 is 0 Å². The zero-order valence-electron chi connectivity index (χ0n) is 12.2. The van der Waals surface area contributed by atoms with Gasteiger partial charge in [-0.3, -0.25) is 0 Å². The topological polar surface area (TPSA) is 67.1 Å². The summed E-state index contributed by atoms with van der Waals surface area (Å²) in [6.45, 7) is 7.71. The molecule has 0 aliphatic heterocycles. The average molecular weight is 263 g/mol. The molecule has 0 unspecified atom stereocenters. The van der Waals surface area contributed by atoms with Crippen LogP contribution in [0.5, 0.6) is 0 Å². The molecule has 0 bridgehead atoms. The van der Waals surface area contributed by atoms with E-state index >= 15 is 0 Å². The van der Waals surface area contributed by atoms with E-state index in [-0.39, 0.29) is 0 Å². The lowest BCUT2D eigenvalue weighted by atomic mass is 10.1. The van der Waals surface area contributed by atoms with Crippen LogP contribution in [0, 0.1) is 5.92 Å². The highest BCUT2D eigenvalue weighted by Crippen LogP contribution is 2.34. The second kappa shape index (κ2) is 6.19. The number of nitrogens with two attached hydrogens (primary N) is 1. The predicted octanol–water partition coefficient (Wildman–Crippen LogP) is 2.34. The van der Waals surface area contributed by atoms with E-state index in [0.29, 0.717) is 12.0 Å². The van der Waals surface area contributed by atoms with Gasteiger partial charge in [0.25, 0.3) is 0 Å². The van der Waals surface area contributed by atoms with Crippen molar-refractivity contribution in [2.75, 3.05) is 16.9 Å². The highest BCUT2D eigenvalue weighted by molar-refractivity contribution is 5.59. The Morgan fingerprint density at radius 1 is 1.42 bits per heavy atom. The monoisotopic (exact) mass is 263 g/mol. The van der Waals surface area contributed by atoms with Gasteiger partial charge in [0.1, 0.15) is 18.0 Å². The van der Waals surface area contributed by atoms with Gasteiger partial charge in [-0.05, 0) is 25.2 Å². The maximum Gasteiger partial charge on any atom is 0.148 e. The Balaban J connectivity index is 2.34. The third kappa shape index (κ3) is 3.35. The second-order valence-corrected chi connectivity index (χ2v) is 5.70. The summed E-state index contributed by atoms with van der Waals surface area (Å²) < 4.78 is 0. The summed E-state index contributed by atoms with van der Waals surface area (Å²) in [6.07, 6.45) is 6.17. The van der Waals surface area contributed by atoms with Crippen molar-refractivity contribution in [2.24, 2.45) is 11.8 Å². The van der Waals surface area contributed by atoms with Gasteiger partial charge in [-0.1, -0.05) is 27.2 Å². The summed E-state index contributed by atoms with van der Waals surface area (Å²) in [5, 5.41) is 0. The zero-order chi connectivity index (χ0) is 13.8. The Hall–Kier alpha value is -1.36. The summed E-state index contributed by atoms with van der Waals surface area (Å²) in [6, 6.07) is 0.651. The van der Waals surface area contributed by atoms with Gasteiger partial charge in [0.2, 0.25) is 0 Å². The van der Waals surface area contributed by atoms with E-state index in [2.05, 4.69) is 41.1 Å². The normalized spacial score (nSPS) is 14.8. The molecule has 1 aromatic heterocycles. The largest absolute Gasteiger partial charge is 0.353 e. The molecule has 1 aliphatic rings. The quantitative estimate of drug-likeness (QED) is 0.584. The van der Waals surface area contributed by atoms with Crippen LogP contribution in [0.4, 0.5) is 11.6 Å². The molecule has 0 saturated heterocycles. The molecular formula is C14H25N5. The molecule has 1 aliphatic carbocycles. The Morgan fingerprint density at radius 3 is 2.68 bits per heavy atom. The number of nitrogens with one attached hydrogen (secondary N) is 1. The van der Waals surface area contributed by atoms with Crippen molar-refractivity contribution < 1.29 is 0 Å². The van der Waals surface area contributed by atoms with E-state index < -0.39 is 0 Å². The van der Waals surface area contributed by atoms with Crippen molar-refractivity contribution in [1.82, 2.24) is 9.97 Å². The van der Waals surface area contributed by atoms with Crippen LogP contribution < -0.4 is 16.2 Å². The molecule has 0 spiro atoms. The summed E-state index contributed by atoms with van der Waals surface area (Å²) in [4.78, 5) is 11.2. The zero-order valence-corrected chi connectivity index (χ0v) is 12.2. The molecule has 19 heavy (non-hydrogen) atoms. The Kier molecular flexibility index (Phi) is 4.58. The lowest BCUT2D eigenvalue weighted by Crippen LogP contribution is -2.32. The van der Waals surface area contributed by atoms with Gasteiger partial charge in [0.05, 0.1) is 0 Å². The maximum absolute atomic E-state index is 5.58. The van der Waals surface area contributed by atoms with Crippen LogP contribution in [0.25, 0.3) is 0 Å². The average Bonchev–Trinajstić information content (AvgIpc) is 3.21. The molecule has 3 N–H and O–H groups in total. The third-order valence-electron chi connectivity index (χ3n) is 3.38. The fourth-order valence-electron chi connectivity index (χ4n) is 2.44. The number of hydrazine groups is 1. The number of anilines is 2. The summed E-state index contributed by atoms with van der Waals surface area (Å²) in [5.74, 6) is 8.04. The molecule has 5 heteroatoms. The molecule has 1 aromatic rings. The van der Waals surface area contributed by atoms with Gasteiger partial charge in [0.15, 0.2) is 0 Å². The molecule has 1 saturated carbocycles.